The summed E-state index contributed by atoms with van der Waals surface area (Å²) in [5.74, 6) is 0.376. The van der Waals surface area contributed by atoms with Gasteiger partial charge in [0.25, 0.3) is 0 Å². The van der Waals surface area contributed by atoms with E-state index in [-0.39, 0.29) is 0 Å². The molecule has 0 saturated carbocycles. The molecule has 2 N–H and O–H groups in total. The van der Waals surface area contributed by atoms with Crippen molar-refractivity contribution in [3.63, 3.8) is 0 Å². The van der Waals surface area contributed by atoms with Crippen molar-refractivity contribution in [2.24, 2.45) is 5.73 Å². The molecule has 2 aromatic carbocycles. The average molecular weight is 247 g/mol. The number of nitrogens with two attached hydrogens (primary N) is 1. The van der Waals surface area contributed by atoms with Gasteiger partial charge in [0.2, 0.25) is 0 Å². The first-order valence-electron chi connectivity index (χ1n) is 6.62. The Bertz CT molecular complexity index is 623. The summed E-state index contributed by atoms with van der Waals surface area (Å²) in [5.41, 5.74) is 10.8. The lowest BCUT2D eigenvalue weighted by Crippen LogP contribution is -2.07. The molecule has 0 amide bonds. The van der Waals surface area contributed by atoms with E-state index in [1.807, 2.05) is 12.1 Å². The fourth-order valence-electron chi connectivity index (χ4n) is 2.62. The van der Waals surface area contributed by atoms with Gasteiger partial charge in [0.15, 0.2) is 0 Å². The van der Waals surface area contributed by atoms with Crippen LogP contribution in [-0.2, 0) is 0 Å². The van der Waals surface area contributed by atoms with Crippen LogP contribution >= 0.6 is 0 Å². The Kier molecular flexibility index (Phi) is 3.20. The van der Waals surface area contributed by atoms with Gasteiger partial charge in [-0.1, -0.05) is 66.7 Å². The number of hydrogen-bond acceptors (Lipinski definition) is 1. The predicted molar refractivity (Wildman–Crippen MR) is 80.6 cm³/mol. The van der Waals surface area contributed by atoms with E-state index in [9.17, 15) is 0 Å². The number of benzene rings is 2. The van der Waals surface area contributed by atoms with Crippen LogP contribution in [0.5, 0.6) is 0 Å². The Morgan fingerprint density at radius 3 is 2.42 bits per heavy atom. The minimum atomic E-state index is 0.376. The molecule has 1 nitrogen and oxygen atoms in total. The van der Waals surface area contributed by atoms with Crippen molar-refractivity contribution in [1.82, 2.24) is 0 Å². The first kappa shape index (κ1) is 11.8. The van der Waals surface area contributed by atoms with Crippen molar-refractivity contribution >= 4 is 0 Å². The highest BCUT2D eigenvalue weighted by atomic mass is 14.6. The fraction of sp³-hybridized carbons (Fsp3) is 0.111. The molecule has 0 aliphatic heterocycles. The van der Waals surface area contributed by atoms with E-state index in [2.05, 4.69) is 60.7 Å². The Morgan fingerprint density at radius 2 is 1.63 bits per heavy atom. The number of hydrogen-bond donors (Lipinski definition) is 1. The van der Waals surface area contributed by atoms with Gasteiger partial charge in [-0.15, -0.1) is 0 Å². The van der Waals surface area contributed by atoms with Crippen LogP contribution in [0, 0.1) is 0 Å². The van der Waals surface area contributed by atoms with E-state index in [0.29, 0.717) is 5.92 Å². The van der Waals surface area contributed by atoms with Gasteiger partial charge in [0, 0.05) is 11.6 Å². The van der Waals surface area contributed by atoms with E-state index in [1.54, 1.807) is 0 Å². The molecule has 1 aliphatic carbocycles. The van der Waals surface area contributed by atoms with Crippen LogP contribution in [0.3, 0.4) is 0 Å². The smallest absolute Gasteiger partial charge is 0.00896 e. The molecule has 0 heterocycles. The summed E-state index contributed by atoms with van der Waals surface area (Å²) >= 11 is 0. The predicted octanol–water partition coefficient (Wildman–Crippen LogP) is 4.24. The van der Waals surface area contributed by atoms with Gasteiger partial charge in [-0.25, -0.2) is 0 Å². The Hall–Kier alpha value is -2.28. The zero-order chi connectivity index (χ0) is 13.1. The lowest BCUT2D eigenvalue weighted by molar-refractivity contribution is 0.806. The molecular weight excluding hydrogens is 230 g/mol. The maximum Gasteiger partial charge on any atom is 0.00896 e. The second kappa shape index (κ2) is 5.15. The van der Waals surface area contributed by atoms with Crippen LogP contribution < -0.4 is 5.73 Å². The van der Waals surface area contributed by atoms with Crippen molar-refractivity contribution < 1.29 is 0 Å². The molecular formula is C18H17N. The van der Waals surface area contributed by atoms with Crippen molar-refractivity contribution in [3.8, 4) is 11.1 Å². The molecule has 0 aromatic heterocycles. The molecule has 1 heteroatoms. The van der Waals surface area contributed by atoms with Crippen LogP contribution in [0.1, 0.15) is 17.9 Å². The summed E-state index contributed by atoms with van der Waals surface area (Å²) in [6.07, 6.45) is 7.19. The molecule has 3 rings (SSSR count). The van der Waals surface area contributed by atoms with E-state index in [1.165, 1.54) is 16.7 Å². The number of rotatable bonds is 2. The van der Waals surface area contributed by atoms with Gasteiger partial charge in [0.05, 0.1) is 0 Å². The highest BCUT2D eigenvalue weighted by molar-refractivity contribution is 5.68. The van der Waals surface area contributed by atoms with Crippen LogP contribution in [0.4, 0.5) is 0 Å². The summed E-state index contributed by atoms with van der Waals surface area (Å²) in [5, 5.41) is 0. The Morgan fingerprint density at radius 1 is 0.895 bits per heavy atom. The van der Waals surface area contributed by atoms with Crippen LogP contribution in [0.2, 0.25) is 0 Å². The van der Waals surface area contributed by atoms with Crippen molar-refractivity contribution in [2.75, 3.05) is 0 Å². The quantitative estimate of drug-likeness (QED) is 0.844. The molecule has 0 fully saturated rings. The summed E-state index contributed by atoms with van der Waals surface area (Å²) in [6, 6.07) is 19.1. The summed E-state index contributed by atoms with van der Waals surface area (Å²) in [4.78, 5) is 0. The monoisotopic (exact) mass is 247 g/mol. The maximum atomic E-state index is 5.96. The Labute approximate surface area is 114 Å². The van der Waals surface area contributed by atoms with Crippen molar-refractivity contribution in [3.05, 3.63) is 84.1 Å². The molecule has 0 radical (unpaired) electrons. The van der Waals surface area contributed by atoms with E-state index >= 15 is 0 Å². The summed E-state index contributed by atoms with van der Waals surface area (Å²) in [6.45, 7) is 0. The standard InChI is InChI=1S/C18H17N/c19-16-10-6-9-15(13-16)18-12-5-4-11-17(18)14-7-2-1-3-8-14/h1-12,15H,13,19H2. The highest BCUT2D eigenvalue weighted by Gasteiger charge is 2.15. The first-order valence-corrected chi connectivity index (χ1v) is 6.62. The van der Waals surface area contributed by atoms with Crippen LogP contribution in [-0.4, -0.2) is 0 Å². The zero-order valence-corrected chi connectivity index (χ0v) is 10.8. The van der Waals surface area contributed by atoms with E-state index < -0.39 is 0 Å². The lowest BCUT2D eigenvalue weighted by Gasteiger charge is -2.20. The average Bonchev–Trinajstić information content (AvgIpc) is 2.48. The largest absolute Gasteiger partial charge is 0.402 e. The highest BCUT2D eigenvalue weighted by Crippen LogP contribution is 2.34. The Balaban J connectivity index is 2.04. The minimum Gasteiger partial charge on any atom is -0.402 e. The molecule has 1 aliphatic rings. The second-order valence-corrected chi connectivity index (χ2v) is 4.89. The SMILES string of the molecule is NC1=CC=CC(c2ccccc2-c2ccccc2)C1. The van der Waals surface area contributed by atoms with Crippen LogP contribution in [0.15, 0.2) is 78.5 Å². The molecule has 1 atom stereocenters. The summed E-state index contributed by atoms with van der Waals surface area (Å²) in [7, 11) is 0. The molecule has 94 valence electrons. The topological polar surface area (TPSA) is 26.0 Å². The summed E-state index contributed by atoms with van der Waals surface area (Å²) < 4.78 is 0. The maximum absolute atomic E-state index is 5.96. The van der Waals surface area contributed by atoms with E-state index in [0.717, 1.165) is 12.1 Å². The van der Waals surface area contributed by atoms with Crippen molar-refractivity contribution in [2.45, 2.75) is 12.3 Å². The van der Waals surface area contributed by atoms with Gasteiger partial charge in [-0.3, -0.25) is 0 Å². The second-order valence-electron chi connectivity index (χ2n) is 4.89. The van der Waals surface area contributed by atoms with Crippen molar-refractivity contribution in [1.29, 1.82) is 0 Å². The molecule has 0 saturated heterocycles. The molecule has 2 aromatic rings. The minimum absolute atomic E-state index is 0.376. The number of allylic oxidation sites excluding steroid dienone is 4. The third kappa shape index (κ3) is 2.45. The third-order valence-electron chi connectivity index (χ3n) is 3.55. The lowest BCUT2D eigenvalue weighted by atomic mass is 9.86. The fourth-order valence-corrected chi connectivity index (χ4v) is 2.62. The van der Waals surface area contributed by atoms with Gasteiger partial charge in [-0.05, 0) is 29.2 Å². The normalized spacial score (nSPS) is 18.1. The molecule has 0 bridgehead atoms. The molecule has 1 unspecified atom stereocenters. The van der Waals surface area contributed by atoms with Gasteiger partial charge >= 0.3 is 0 Å². The van der Waals surface area contributed by atoms with Crippen LogP contribution in [0.25, 0.3) is 11.1 Å². The molecule has 0 spiro atoms. The third-order valence-corrected chi connectivity index (χ3v) is 3.55. The van der Waals surface area contributed by atoms with E-state index in [4.69, 9.17) is 5.73 Å². The molecule has 19 heavy (non-hydrogen) atoms. The zero-order valence-electron chi connectivity index (χ0n) is 10.8. The van der Waals surface area contributed by atoms with Gasteiger partial charge < -0.3 is 5.73 Å². The van der Waals surface area contributed by atoms with Gasteiger partial charge in [-0.2, -0.15) is 0 Å². The van der Waals surface area contributed by atoms with Gasteiger partial charge in [0.1, 0.15) is 0 Å². The first-order chi connectivity index (χ1) is 9.34.